The average Bonchev–Trinajstić information content (AvgIpc) is 3.65. The number of likely N-dealkylation sites (tertiary alicyclic amines) is 1. The molecule has 2 spiro atoms. The Morgan fingerprint density at radius 3 is 2.21 bits per heavy atom. The Morgan fingerprint density at radius 1 is 0.875 bits per heavy atom. The zero-order valence-corrected chi connectivity index (χ0v) is 30.7. The standard InChI is InChI=1S/C39H62N2O7/c1-23(2)30(48-34(44)40-15-8-16-40)25-21-24(3)29-31(46-25)32(42)37(7)27-10-9-26-35(4,5)28(47-33(43)41-17-19-45-20-18-41)11-12-38(26)22-39(27,38)14-13-36(29,37)6/h23-32,42H,8-22H2,1-7H3/t24-,25-,26+,27+,28+,29+,30-,31+,32+,36-,37-,38-,39+/m1/s1. The van der Waals surface area contributed by atoms with Crippen LogP contribution < -0.4 is 0 Å². The molecule has 9 nitrogen and oxygen atoms in total. The molecule has 3 heterocycles. The number of hydrogen-bond acceptors (Lipinski definition) is 7. The van der Waals surface area contributed by atoms with Gasteiger partial charge in [0.15, 0.2) is 0 Å². The summed E-state index contributed by atoms with van der Waals surface area (Å²) in [7, 11) is 0. The number of rotatable bonds is 4. The third-order valence-corrected chi connectivity index (χ3v) is 16.7. The zero-order valence-electron chi connectivity index (χ0n) is 30.7. The molecule has 8 fully saturated rings. The lowest BCUT2D eigenvalue weighted by atomic mass is 9.41. The van der Waals surface area contributed by atoms with Crippen LogP contribution in [-0.2, 0) is 18.9 Å². The zero-order chi connectivity index (χ0) is 34.0. The summed E-state index contributed by atoms with van der Waals surface area (Å²) in [5.41, 5.74) is 0.148. The number of ether oxygens (including phenoxy) is 4. The van der Waals surface area contributed by atoms with Crippen LogP contribution in [0.4, 0.5) is 9.59 Å². The van der Waals surface area contributed by atoms with Gasteiger partial charge in [0.2, 0.25) is 0 Å². The SMILES string of the molecule is CC(C)[C@@H](OC(=O)N1CCC1)[C@H]1C[C@@H](C)[C@H]2[C@H](O1)[C@H](O)[C@@]1(C)[C@@H]3CC[C@H]4C(C)(C)[C@@H](OC(=O)N5CCOCC5)CC[C@@]45C[C@@]35CC[C@]21C. The molecular weight excluding hydrogens is 608 g/mol. The minimum atomic E-state index is -0.549. The van der Waals surface area contributed by atoms with E-state index in [1.54, 1.807) is 4.90 Å². The molecule has 8 rings (SSSR count). The Kier molecular flexibility index (Phi) is 7.84. The van der Waals surface area contributed by atoms with Crippen LogP contribution in [0.25, 0.3) is 0 Å². The second kappa shape index (κ2) is 11.2. The van der Waals surface area contributed by atoms with Gasteiger partial charge in [-0.3, -0.25) is 0 Å². The van der Waals surface area contributed by atoms with E-state index < -0.39 is 6.10 Å². The number of carbonyl (C=O) groups is 2. The number of aliphatic hydroxyl groups excluding tert-OH is 1. The van der Waals surface area contributed by atoms with Crippen molar-refractivity contribution in [1.29, 1.82) is 0 Å². The summed E-state index contributed by atoms with van der Waals surface area (Å²) in [4.78, 5) is 29.7. The van der Waals surface area contributed by atoms with E-state index in [0.717, 1.165) is 58.0 Å². The number of hydrogen-bond donors (Lipinski definition) is 1. The first-order chi connectivity index (χ1) is 22.7. The van der Waals surface area contributed by atoms with Crippen molar-refractivity contribution < 1.29 is 33.6 Å². The maximum absolute atomic E-state index is 13.2. The summed E-state index contributed by atoms with van der Waals surface area (Å²) in [5, 5.41) is 12.6. The molecule has 1 N–H and O–H groups in total. The predicted octanol–water partition coefficient (Wildman–Crippen LogP) is 6.50. The molecule has 2 amide bonds. The quantitative estimate of drug-likeness (QED) is 0.365. The van der Waals surface area contributed by atoms with Crippen LogP contribution in [0.15, 0.2) is 0 Å². The number of nitrogens with zero attached hydrogens (tertiary/aromatic N) is 2. The summed E-state index contributed by atoms with van der Waals surface area (Å²) in [6, 6.07) is 0. The lowest BCUT2D eigenvalue weighted by molar-refractivity contribution is -0.185. The molecule has 5 saturated carbocycles. The highest BCUT2D eigenvalue weighted by Gasteiger charge is 2.84. The van der Waals surface area contributed by atoms with Gasteiger partial charge in [-0.15, -0.1) is 0 Å². The number of carbonyl (C=O) groups excluding carboxylic acids is 2. The van der Waals surface area contributed by atoms with Crippen LogP contribution in [0, 0.1) is 56.7 Å². The summed E-state index contributed by atoms with van der Waals surface area (Å²) >= 11 is 0. The van der Waals surface area contributed by atoms with Crippen molar-refractivity contribution in [2.75, 3.05) is 39.4 Å². The van der Waals surface area contributed by atoms with Gasteiger partial charge >= 0.3 is 12.2 Å². The monoisotopic (exact) mass is 670 g/mol. The fourth-order valence-electron chi connectivity index (χ4n) is 14.0. The lowest BCUT2D eigenvalue weighted by Gasteiger charge is -2.63. The van der Waals surface area contributed by atoms with Gasteiger partial charge in [0.25, 0.3) is 0 Å². The van der Waals surface area contributed by atoms with Crippen LogP contribution in [0.3, 0.4) is 0 Å². The first-order valence-electron chi connectivity index (χ1n) is 19.5. The molecule has 0 aromatic rings. The van der Waals surface area contributed by atoms with Crippen molar-refractivity contribution in [1.82, 2.24) is 9.80 Å². The van der Waals surface area contributed by atoms with Crippen LogP contribution in [0.5, 0.6) is 0 Å². The second-order valence-corrected chi connectivity index (χ2v) is 19.0. The number of fused-ring (bicyclic) bond motifs is 4. The topological polar surface area (TPSA) is 97.8 Å². The molecule has 5 aliphatic carbocycles. The van der Waals surface area contributed by atoms with Crippen molar-refractivity contribution in [2.45, 2.75) is 137 Å². The molecule has 9 heteroatoms. The normalized spacial score (nSPS) is 49.4. The van der Waals surface area contributed by atoms with Gasteiger partial charge in [0.1, 0.15) is 12.2 Å². The van der Waals surface area contributed by atoms with E-state index in [-0.39, 0.29) is 75.5 Å². The van der Waals surface area contributed by atoms with Crippen LogP contribution in [0.1, 0.15) is 106 Å². The summed E-state index contributed by atoms with van der Waals surface area (Å²) in [6.07, 6.45) is 7.98. The molecule has 0 unspecified atom stereocenters. The van der Waals surface area contributed by atoms with E-state index >= 15 is 0 Å². The fraction of sp³-hybridized carbons (Fsp3) is 0.949. The molecule has 0 aromatic heterocycles. The molecule has 0 aromatic carbocycles. The molecule has 3 saturated heterocycles. The Labute approximate surface area is 288 Å². The summed E-state index contributed by atoms with van der Waals surface area (Å²) < 4.78 is 25.0. The summed E-state index contributed by atoms with van der Waals surface area (Å²) in [6.45, 7) is 20.2. The number of aliphatic hydroxyl groups is 1. The maximum atomic E-state index is 13.2. The van der Waals surface area contributed by atoms with E-state index in [9.17, 15) is 14.7 Å². The first-order valence-corrected chi connectivity index (χ1v) is 19.5. The van der Waals surface area contributed by atoms with E-state index in [1.165, 1.54) is 12.8 Å². The fourth-order valence-corrected chi connectivity index (χ4v) is 14.0. The minimum absolute atomic E-state index is 0.0178. The Balaban J connectivity index is 1.03. The Hall–Kier alpha value is -1.58. The van der Waals surface area contributed by atoms with Crippen molar-refractivity contribution >= 4 is 12.2 Å². The molecule has 13 atom stereocenters. The van der Waals surface area contributed by atoms with Gasteiger partial charge in [0.05, 0.1) is 31.5 Å². The van der Waals surface area contributed by atoms with Crippen molar-refractivity contribution in [3.8, 4) is 0 Å². The van der Waals surface area contributed by atoms with E-state index in [2.05, 4.69) is 48.5 Å². The third kappa shape index (κ3) is 4.37. The summed E-state index contributed by atoms with van der Waals surface area (Å²) in [5.74, 6) is 1.74. The Morgan fingerprint density at radius 2 is 1.54 bits per heavy atom. The smallest absolute Gasteiger partial charge is 0.410 e. The average molecular weight is 671 g/mol. The third-order valence-electron chi connectivity index (χ3n) is 16.7. The second-order valence-electron chi connectivity index (χ2n) is 19.0. The highest BCUT2D eigenvalue weighted by atomic mass is 16.6. The largest absolute Gasteiger partial charge is 0.446 e. The van der Waals surface area contributed by atoms with E-state index in [4.69, 9.17) is 18.9 Å². The van der Waals surface area contributed by atoms with Gasteiger partial charge in [-0.1, -0.05) is 48.5 Å². The van der Waals surface area contributed by atoms with Gasteiger partial charge in [-0.25, -0.2) is 9.59 Å². The number of amides is 2. The maximum Gasteiger partial charge on any atom is 0.410 e. The van der Waals surface area contributed by atoms with Crippen LogP contribution >= 0.6 is 0 Å². The molecular formula is C39H62N2O7. The van der Waals surface area contributed by atoms with Gasteiger partial charge in [-0.05, 0) is 104 Å². The Bertz CT molecular complexity index is 1300. The van der Waals surface area contributed by atoms with E-state index in [1.807, 2.05) is 4.90 Å². The van der Waals surface area contributed by atoms with E-state index in [0.29, 0.717) is 44.1 Å². The molecule has 48 heavy (non-hydrogen) atoms. The van der Waals surface area contributed by atoms with Crippen molar-refractivity contribution in [2.24, 2.45) is 56.7 Å². The molecule has 0 radical (unpaired) electrons. The highest BCUT2D eigenvalue weighted by molar-refractivity contribution is 5.69. The highest BCUT2D eigenvalue weighted by Crippen LogP contribution is 2.89. The van der Waals surface area contributed by atoms with Crippen molar-refractivity contribution in [3.63, 3.8) is 0 Å². The van der Waals surface area contributed by atoms with Crippen LogP contribution in [-0.4, -0.2) is 97.0 Å². The lowest BCUT2D eigenvalue weighted by Crippen LogP contribution is -2.60. The molecule has 3 aliphatic heterocycles. The van der Waals surface area contributed by atoms with Gasteiger partial charge < -0.3 is 33.9 Å². The number of morpholine rings is 1. The van der Waals surface area contributed by atoms with Gasteiger partial charge in [-0.2, -0.15) is 0 Å². The molecule has 0 bridgehead atoms. The minimum Gasteiger partial charge on any atom is -0.446 e. The van der Waals surface area contributed by atoms with Crippen molar-refractivity contribution in [3.05, 3.63) is 0 Å². The van der Waals surface area contributed by atoms with Gasteiger partial charge in [0, 0.05) is 37.0 Å². The first kappa shape index (κ1) is 33.6. The predicted molar refractivity (Wildman–Crippen MR) is 180 cm³/mol. The molecule has 8 aliphatic rings. The molecule has 270 valence electrons. The van der Waals surface area contributed by atoms with Crippen LogP contribution in [0.2, 0.25) is 0 Å².